The number of unbranched alkanes of at least 4 members (excludes halogenated alkanes) is 4. The van der Waals surface area contributed by atoms with Gasteiger partial charge in [0.05, 0.1) is 6.61 Å². The Morgan fingerprint density at radius 1 is 1.18 bits per heavy atom. The van der Waals surface area contributed by atoms with Gasteiger partial charge in [-0.05, 0) is 19.8 Å². The lowest BCUT2D eigenvalue weighted by Crippen LogP contribution is -2.06. The first-order chi connectivity index (χ1) is 8.26. The number of carbonyl (C=O) groups is 1. The highest BCUT2D eigenvalue weighted by atomic mass is 16.5. The lowest BCUT2D eigenvalue weighted by Gasteiger charge is -2.01. The first-order valence-corrected chi connectivity index (χ1v) is 6.62. The van der Waals surface area contributed by atoms with Gasteiger partial charge in [0.15, 0.2) is 0 Å². The third-order valence-electron chi connectivity index (χ3n) is 2.30. The van der Waals surface area contributed by atoms with Crippen LogP contribution in [-0.4, -0.2) is 12.6 Å². The van der Waals surface area contributed by atoms with E-state index in [0.29, 0.717) is 12.2 Å². The van der Waals surface area contributed by atoms with E-state index in [1.807, 2.05) is 19.9 Å². The first kappa shape index (κ1) is 15.8. The Labute approximate surface area is 105 Å². The SMILES string of the molecule is CCC#C/C(=C\CCCCCC)C(=O)OCC. The summed E-state index contributed by atoms with van der Waals surface area (Å²) in [7, 11) is 0. The molecule has 0 aromatic rings. The maximum Gasteiger partial charge on any atom is 0.346 e. The van der Waals surface area contributed by atoms with Gasteiger partial charge in [-0.15, -0.1) is 0 Å². The lowest BCUT2D eigenvalue weighted by atomic mass is 10.1. The standard InChI is InChI=1S/C15H24O2/c1-4-7-9-10-11-13-14(12-8-5-2)15(16)17-6-3/h13H,4-7,9-11H2,1-3H3/b14-13+. The number of hydrogen-bond acceptors (Lipinski definition) is 2. The molecule has 0 aliphatic rings. The molecule has 0 saturated carbocycles. The molecule has 2 heteroatoms. The van der Waals surface area contributed by atoms with Gasteiger partial charge in [-0.2, -0.15) is 0 Å². The average molecular weight is 236 g/mol. The predicted molar refractivity (Wildman–Crippen MR) is 71.5 cm³/mol. The molecule has 0 saturated heterocycles. The number of ether oxygens (including phenoxy) is 1. The van der Waals surface area contributed by atoms with E-state index in [-0.39, 0.29) is 5.97 Å². The van der Waals surface area contributed by atoms with Crippen molar-refractivity contribution in [3.05, 3.63) is 11.6 Å². The molecule has 0 aromatic heterocycles. The molecule has 0 bridgehead atoms. The molecule has 96 valence electrons. The number of allylic oxidation sites excluding steroid dienone is 1. The van der Waals surface area contributed by atoms with E-state index in [2.05, 4.69) is 18.8 Å². The summed E-state index contributed by atoms with van der Waals surface area (Å²) in [5, 5.41) is 0. The number of hydrogen-bond donors (Lipinski definition) is 0. The molecule has 17 heavy (non-hydrogen) atoms. The molecule has 0 aromatic carbocycles. The third-order valence-corrected chi connectivity index (χ3v) is 2.30. The number of esters is 1. The van der Waals surface area contributed by atoms with Crippen LogP contribution in [0.1, 0.15) is 59.3 Å². The van der Waals surface area contributed by atoms with Crippen molar-refractivity contribution in [2.45, 2.75) is 59.3 Å². The number of rotatable bonds is 7. The van der Waals surface area contributed by atoms with Gasteiger partial charge < -0.3 is 4.74 Å². The second-order valence-electron chi connectivity index (χ2n) is 3.84. The van der Waals surface area contributed by atoms with Crippen LogP contribution in [0.2, 0.25) is 0 Å². The Kier molecular flexibility index (Phi) is 10.4. The molecule has 0 N–H and O–H groups in total. The highest BCUT2D eigenvalue weighted by Gasteiger charge is 2.06. The van der Waals surface area contributed by atoms with Crippen molar-refractivity contribution in [3.8, 4) is 11.8 Å². The largest absolute Gasteiger partial charge is 0.462 e. The Morgan fingerprint density at radius 2 is 1.94 bits per heavy atom. The van der Waals surface area contributed by atoms with Crippen LogP contribution < -0.4 is 0 Å². The van der Waals surface area contributed by atoms with Crippen molar-refractivity contribution >= 4 is 5.97 Å². The molecule has 0 atom stereocenters. The Balaban J connectivity index is 4.26. The second-order valence-corrected chi connectivity index (χ2v) is 3.84. The van der Waals surface area contributed by atoms with Crippen molar-refractivity contribution in [1.82, 2.24) is 0 Å². The molecule has 0 unspecified atom stereocenters. The Hall–Kier alpha value is -1.23. The summed E-state index contributed by atoms with van der Waals surface area (Å²) in [5.41, 5.74) is 0.519. The molecule has 0 rings (SSSR count). The zero-order valence-corrected chi connectivity index (χ0v) is 11.3. The molecule has 0 spiro atoms. The minimum atomic E-state index is -0.288. The first-order valence-electron chi connectivity index (χ1n) is 6.62. The summed E-state index contributed by atoms with van der Waals surface area (Å²) in [6.45, 7) is 6.37. The molecule has 0 aliphatic heterocycles. The molecule has 0 heterocycles. The van der Waals surface area contributed by atoms with Gasteiger partial charge in [0, 0.05) is 6.42 Å². The predicted octanol–water partition coefficient (Wildman–Crippen LogP) is 3.86. The molecular formula is C15H24O2. The molecule has 0 amide bonds. The van der Waals surface area contributed by atoms with E-state index in [1.165, 1.54) is 19.3 Å². The summed E-state index contributed by atoms with van der Waals surface area (Å²) in [5.74, 6) is 5.51. The van der Waals surface area contributed by atoms with Crippen LogP contribution in [0.15, 0.2) is 11.6 Å². The monoisotopic (exact) mass is 236 g/mol. The van der Waals surface area contributed by atoms with Crippen LogP contribution in [0.5, 0.6) is 0 Å². The molecule has 2 nitrogen and oxygen atoms in total. The average Bonchev–Trinajstić information content (AvgIpc) is 2.33. The minimum Gasteiger partial charge on any atom is -0.462 e. The van der Waals surface area contributed by atoms with E-state index in [0.717, 1.165) is 19.3 Å². The summed E-state index contributed by atoms with van der Waals surface area (Å²) in [4.78, 5) is 11.6. The van der Waals surface area contributed by atoms with E-state index in [9.17, 15) is 4.79 Å². The van der Waals surface area contributed by atoms with Gasteiger partial charge in [0.25, 0.3) is 0 Å². The van der Waals surface area contributed by atoms with Crippen LogP contribution in [0.4, 0.5) is 0 Å². The Morgan fingerprint density at radius 3 is 2.53 bits per heavy atom. The van der Waals surface area contributed by atoms with E-state index >= 15 is 0 Å². The third kappa shape index (κ3) is 8.56. The topological polar surface area (TPSA) is 26.3 Å². The maximum atomic E-state index is 11.6. The minimum absolute atomic E-state index is 0.288. The van der Waals surface area contributed by atoms with Crippen molar-refractivity contribution in [1.29, 1.82) is 0 Å². The second kappa shape index (κ2) is 11.3. The fraction of sp³-hybridized carbons (Fsp3) is 0.667. The van der Waals surface area contributed by atoms with Gasteiger partial charge in [0.2, 0.25) is 0 Å². The van der Waals surface area contributed by atoms with Gasteiger partial charge in [-0.3, -0.25) is 0 Å². The van der Waals surface area contributed by atoms with Gasteiger partial charge in [0.1, 0.15) is 5.57 Å². The van der Waals surface area contributed by atoms with Gasteiger partial charge in [-0.1, -0.05) is 51.0 Å². The fourth-order valence-electron chi connectivity index (χ4n) is 1.40. The normalized spacial score (nSPS) is 10.6. The van der Waals surface area contributed by atoms with Crippen molar-refractivity contribution in [2.24, 2.45) is 0 Å². The van der Waals surface area contributed by atoms with Crippen molar-refractivity contribution < 1.29 is 9.53 Å². The lowest BCUT2D eigenvalue weighted by molar-refractivity contribution is -0.138. The van der Waals surface area contributed by atoms with Crippen LogP contribution in [0, 0.1) is 11.8 Å². The zero-order chi connectivity index (χ0) is 12.9. The quantitative estimate of drug-likeness (QED) is 0.290. The summed E-state index contributed by atoms with van der Waals surface area (Å²) < 4.78 is 4.97. The molecule has 0 aliphatic carbocycles. The van der Waals surface area contributed by atoms with Gasteiger partial charge in [-0.25, -0.2) is 4.79 Å². The summed E-state index contributed by atoms with van der Waals surface area (Å²) >= 11 is 0. The molecular weight excluding hydrogens is 212 g/mol. The van der Waals surface area contributed by atoms with Crippen LogP contribution >= 0.6 is 0 Å². The summed E-state index contributed by atoms with van der Waals surface area (Å²) in [6, 6.07) is 0. The van der Waals surface area contributed by atoms with Crippen LogP contribution in [0.25, 0.3) is 0 Å². The van der Waals surface area contributed by atoms with Crippen molar-refractivity contribution in [2.75, 3.05) is 6.61 Å². The number of carbonyl (C=O) groups excluding carboxylic acids is 1. The van der Waals surface area contributed by atoms with E-state index in [1.54, 1.807) is 0 Å². The summed E-state index contributed by atoms with van der Waals surface area (Å²) in [6.07, 6.45) is 8.39. The van der Waals surface area contributed by atoms with Gasteiger partial charge >= 0.3 is 5.97 Å². The van der Waals surface area contributed by atoms with Crippen LogP contribution in [-0.2, 0) is 9.53 Å². The highest BCUT2D eigenvalue weighted by molar-refractivity contribution is 5.93. The molecule has 0 radical (unpaired) electrons. The maximum absolute atomic E-state index is 11.6. The van der Waals surface area contributed by atoms with Crippen molar-refractivity contribution in [3.63, 3.8) is 0 Å². The molecule has 0 fully saturated rings. The Bertz CT molecular complexity index is 292. The highest BCUT2D eigenvalue weighted by Crippen LogP contribution is 2.06. The van der Waals surface area contributed by atoms with E-state index in [4.69, 9.17) is 4.74 Å². The van der Waals surface area contributed by atoms with Crippen LogP contribution in [0.3, 0.4) is 0 Å². The zero-order valence-electron chi connectivity index (χ0n) is 11.3. The smallest absolute Gasteiger partial charge is 0.346 e. The fourth-order valence-corrected chi connectivity index (χ4v) is 1.40. The van der Waals surface area contributed by atoms with E-state index < -0.39 is 0 Å².